The zero-order valence-corrected chi connectivity index (χ0v) is 8.12. The monoisotopic (exact) mass is 237 g/mol. The van der Waals surface area contributed by atoms with Gasteiger partial charge < -0.3 is 4.90 Å². The van der Waals surface area contributed by atoms with E-state index in [0.29, 0.717) is 4.32 Å². The summed E-state index contributed by atoms with van der Waals surface area (Å²) in [5.74, 6) is 0. The minimum absolute atomic E-state index is 0. The van der Waals surface area contributed by atoms with E-state index in [0.717, 1.165) is 0 Å². The molecule has 0 aromatic heterocycles. The van der Waals surface area contributed by atoms with E-state index in [-0.39, 0.29) is 33.0 Å². The molecule has 0 fully saturated rings. The van der Waals surface area contributed by atoms with Gasteiger partial charge in [0.15, 0.2) is 0 Å². The first-order chi connectivity index (χ1) is 2.64. The third-order valence-corrected chi connectivity index (χ3v) is 1.15. The summed E-state index contributed by atoms with van der Waals surface area (Å²) in [5, 5.41) is 0. The van der Waals surface area contributed by atoms with Crippen molar-refractivity contribution in [1.29, 1.82) is 0 Å². The maximum atomic E-state index is 4.61. The smallest absolute Gasteiger partial charge is 0.132 e. The van der Waals surface area contributed by atoms with Crippen LogP contribution in [0.3, 0.4) is 0 Å². The van der Waals surface area contributed by atoms with Gasteiger partial charge in [-0.25, -0.2) is 0 Å². The van der Waals surface area contributed by atoms with Crippen molar-refractivity contribution in [3.05, 3.63) is 0 Å². The van der Waals surface area contributed by atoms with Gasteiger partial charge in [0.2, 0.25) is 0 Å². The molecule has 0 aliphatic rings. The SMILES string of the molecule is CN(C)C(=S)S.[Ni].[Ni]. The predicted molar refractivity (Wildman–Crippen MR) is 35.3 cm³/mol. The van der Waals surface area contributed by atoms with Crippen LogP contribution in [-0.4, -0.2) is 23.3 Å². The molecule has 0 aliphatic heterocycles. The maximum Gasteiger partial charge on any atom is 0.132 e. The molecule has 0 rings (SSSR count). The van der Waals surface area contributed by atoms with Crippen molar-refractivity contribution >= 4 is 29.2 Å². The molecule has 0 atom stereocenters. The van der Waals surface area contributed by atoms with E-state index < -0.39 is 0 Å². The Bertz CT molecular complexity index is 66.3. The number of nitrogens with zero attached hydrogens (tertiary/aromatic N) is 1. The molecule has 0 spiro atoms. The zero-order chi connectivity index (χ0) is 5.15. The topological polar surface area (TPSA) is 3.24 Å². The van der Waals surface area contributed by atoms with E-state index in [1.807, 2.05) is 14.1 Å². The third kappa shape index (κ3) is 10.3. The van der Waals surface area contributed by atoms with E-state index in [1.54, 1.807) is 4.90 Å². The molecule has 0 aromatic carbocycles. The Kier molecular flexibility index (Phi) is 16.6. The standard InChI is InChI=1S/C3H7NS2.2Ni/c1-4(2)3(5)6;;/h1-2H3,(H,5,6);;. The van der Waals surface area contributed by atoms with Gasteiger partial charge >= 0.3 is 0 Å². The molecule has 0 amide bonds. The van der Waals surface area contributed by atoms with Crippen molar-refractivity contribution in [2.45, 2.75) is 0 Å². The first-order valence-electron chi connectivity index (χ1n) is 1.55. The van der Waals surface area contributed by atoms with Crippen molar-refractivity contribution in [3.8, 4) is 0 Å². The van der Waals surface area contributed by atoms with Crippen molar-refractivity contribution < 1.29 is 33.0 Å². The van der Waals surface area contributed by atoms with Crippen molar-refractivity contribution in [3.63, 3.8) is 0 Å². The van der Waals surface area contributed by atoms with Crippen LogP contribution in [0.4, 0.5) is 0 Å². The molecule has 0 bridgehead atoms. The van der Waals surface area contributed by atoms with Crippen LogP contribution >= 0.6 is 24.8 Å². The summed E-state index contributed by atoms with van der Waals surface area (Å²) in [6.45, 7) is 0. The molecule has 0 saturated heterocycles. The molecular formula is C3H7NNi2S2. The Morgan fingerprint density at radius 2 is 1.50 bits per heavy atom. The summed E-state index contributed by atoms with van der Waals surface area (Å²) in [7, 11) is 3.71. The summed E-state index contributed by atoms with van der Waals surface area (Å²) in [6, 6.07) is 0. The van der Waals surface area contributed by atoms with Gasteiger partial charge in [0.1, 0.15) is 4.32 Å². The third-order valence-electron chi connectivity index (χ3n) is 0.383. The van der Waals surface area contributed by atoms with Gasteiger partial charge in [0, 0.05) is 47.1 Å². The molecule has 0 aromatic rings. The summed E-state index contributed by atoms with van der Waals surface area (Å²) >= 11 is 8.46. The Labute approximate surface area is 80.8 Å². The van der Waals surface area contributed by atoms with Crippen molar-refractivity contribution in [2.24, 2.45) is 0 Å². The Hall–Kier alpha value is 1.23. The van der Waals surface area contributed by atoms with Gasteiger partial charge in [0.05, 0.1) is 0 Å². The number of hydrogen-bond acceptors (Lipinski definition) is 1. The molecule has 0 heterocycles. The minimum Gasteiger partial charge on any atom is -0.364 e. The second-order valence-corrected chi connectivity index (χ2v) is 2.29. The Balaban J connectivity index is -0.000000125. The van der Waals surface area contributed by atoms with Crippen LogP contribution in [0.2, 0.25) is 0 Å². The molecule has 8 heavy (non-hydrogen) atoms. The normalized spacial score (nSPS) is 5.88. The molecule has 56 valence electrons. The van der Waals surface area contributed by atoms with E-state index in [9.17, 15) is 0 Å². The second-order valence-electron chi connectivity index (χ2n) is 1.18. The summed E-state index contributed by atoms with van der Waals surface area (Å²) in [5.41, 5.74) is 0. The van der Waals surface area contributed by atoms with Crippen LogP contribution in [0.15, 0.2) is 0 Å². The molecule has 0 aliphatic carbocycles. The Morgan fingerprint density at radius 1 is 1.38 bits per heavy atom. The van der Waals surface area contributed by atoms with Gasteiger partial charge in [-0.2, -0.15) is 0 Å². The van der Waals surface area contributed by atoms with Gasteiger partial charge in [-0.05, 0) is 0 Å². The van der Waals surface area contributed by atoms with Crippen LogP contribution in [0.5, 0.6) is 0 Å². The van der Waals surface area contributed by atoms with Gasteiger partial charge in [0.25, 0.3) is 0 Å². The van der Waals surface area contributed by atoms with Crippen LogP contribution in [-0.2, 0) is 33.0 Å². The molecule has 5 heteroatoms. The quantitative estimate of drug-likeness (QED) is 0.377. The van der Waals surface area contributed by atoms with E-state index in [1.165, 1.54) is 0 Å². The fourth-order valence-electron chi connectivity index (χ4n) is 0. The van der Waals surface area contributed by atoms with E-state index in [2.05, 4.69) is 24.8 Å². The fraction of sp³-hybridized carbons (Fsp3) is 0.667. The van der Waals surface area contributed by atoms with Gasteiger partial charge in [-0.15, -0.1) is 12.6 Å². The average Bonchev–Trinajstić information content (AvgIpc) is 1.36. The zero-order valence-electron chi connectivity index (χ0n) is 4.44. The second kappa shape index (κ2) is 8.23. The Morgan fingerprint density at radius 3 is 1.50 bits per heavy atom. The largest absolute Gasteiger partial charge is 0.364 e. The van der Waals surface area contributed by atoms with Gasteiger partial charge in [-0.3, -0.25) is 0 Å². The summed E-state index contributed by atoms with van der Waals surface area (Å²) in [4.78, 5) is 1.76. The van der Waals surface area contributed by atoms with Crippen LogP contribution in [0.25, 0.3) is 0 Å². The first-order valence-corrected chi connectivity index (χ1v) is 2.40. The number of thiol groups is 1. The predicted octanol–water partition coefficient (Wildman–Crippen LogP) is 0.758. The fourth-order valence-corrected chi connectivity index (χ4v) is 0. The van der Waals surface area contributed by atoms with Crippen molar-refractivity contribution in [1.82, 2.24) is 4.90 Å². The number of thiocarbonyl (C=S) groups is 1. The number of hydrogen-bond donors (Lipinski definition) is 1. The summed E-state index contributed by atoms with van der Waals surface area (Å²) < 4.78 is 0.620. The van der Waals surface area contributed by atoms with Gasteiger partial charge in [-0.1, -0.05) is 12.2 Å². The van der Waals surface area contributed by atoms with Crippen LogP contribution in [0.1, 0.15) is 0 Å². The molecule has 0 saturated carbocycles. The molecule has 0 radical (unpaired) electrons. The molecule has 0 unspecified atom stereocenters. The summed E-state index contributed by atoms with van der Waals surface area (Å²) in [6.07, 6.45) is 0. The average molecular weight is 239 g/mol. The van der Waals surface area contributed by atoms with Crippen LogP contribution in [0, 0.1) is 0 Å². The van der Waals surface area contributed by atoms with Crippen molar-refractivity contribution in [2.75, 3.05) is 14.1 Å². The molecule has 0 N–H and O–H groups in total. The number of rotatable bonds is 0. The maximum absolute atomic E-state index is 4.61. The minimum atomic E-state index is 0. The van der Waals surface area contributed by atoms with Crippen LogP contribution < -0.4 is 0 Å². The van der Waals surface area contributed by atoms with E-state index >= 15 is 0 Å². The molecule has 1 nitrogen and oxygen atoms in total. The molecular weight excluding hydrogens is 232 g/mol. The first kappa shape index (κ1) is 16.1. The van der Waals surface area contributed by atoms with E-state index in [4.69, 9.17) is 0 Å².